The Labute approximate surface area is 141 Å². The van der Waals surface area contributed by atoms with E-state index in [0.29, 0.717) is 12.3 Å². The van der Waals surface area contributed by atoms with Crippen LogP contribution >= 0.6 is 12.2 Å². The van der Waals surface area contributed by atoms with E-state index in [-0.39, 0.29) is 4.84 Å². The fraction of sp³-hybridized carbons (Fsp3) is 0. The van der Waals surface area contributed by atoms with Crippen molar-refractivity contribution < 1.29 is 9.21 Å². The SMILES string of the molecule is O=CNc1cccc(-c2cnc3cc(-c4n[nH]c(=S)o4)ccn23)c1. The molecule has 0 saturated carbocycles. The van der Waals surface area contributed by atoms with Crippen LogP contribution in [0.3, 0.4) is 0 Å². The summed E-state index contributed by atoms with van der Waals surface area (Å²) < 4.78 is 7.27. The number of hydrogen-bond acceptors (Lipinski definition) is 5. The zero-order valence-corrected chi connectivity index (χ0v) is 13.1. The molecule has 0 aliphatic carbocycles. The topological polar surface area (TPSA) is 88.2 Å². The number of amides is 1. The molecule has 8 heteroatoms. The predicted molar refractivity (Wildman–Crippen MR) is 91.0 cm³/mol. The quantitative estimate of drug-likeness (QED) is 0.441. The molecule has 0 aliphatic heterocycles. The second-order valence-electron chi connectivity index (χ2n) is 5.05. The number of carbonyl (C=O) groups is 1. The Balaban J connectivity index is 1.79. The van der Waals surface area contributed by atoms with Crippen molar-refractivity contribution in [2.24, 2.45) is 0 Å². The fourth-order valence-corrected chi connectivity index (χ4v) is 2.64. The van der Waals surface area contributed by atoms with Gasteiger partial charge in [0.05, 0.1) is 11.9 Å². The van der Waals surface area contributed by atoms with Crippen molar-refractivity contribution in [3.05, 3.63) is 53.6 Å². The number of anilines is 1. The Kier molecular flexibility index (Phi) is 3.43. The highest BCUT2D eigenvalue weighted by Crippen LogP contribution is 2.26. The molecular formula is C16H11N5O2S. The van der Waals surface area contributed by atoms with Gasteiger partial charge in [-0.25, -0.2) is 10.1 Å². The van der Waals surface area contributed by atoms with Gasteiger partial charge in [0.25, 0.3) is 4.84 Å². The van der Waals surface area contributed by atoms with Gasteiger partial charge in [0, 0.05) is 23.0 Å². The van der Waals surface area contributed by atoms with E-state index in [2.05, 4.69) is 20.5 Å². The van der Waals surface area contributed by atoms with E-state index in [9.17, 15) is 4.79 Å². The van der Waals surface area contributed by atoms with Crippen molar-refractivity contribution in [1.29, 1.82) is 0 Å². The summed E-state index contributed by atoms with van der Waals surface area (Å²) in [6.07, 6.45) is 4.32. The average Bonchev–Trinajstić information content (AvgIpc) is 3.21. The average molecular weight is 337 g/mol. The van der Waals surface area contributed by atoms with Gasteiger partial charge in [-0.1, -0.05) is 12.1 Å². The van der Waals surface area contributed by atoms with Crippen LogP contribution in [0.5, 0.6) is 0 Å². The lowest BCUT2D eigenvalue weighted by atomic mass is 10.1. The molecule has 0 bridgehead atoms. The summed E-state index contributed by atoms with van der Waals surface area (Å²) in [4.78, 5) is 15.3. The van der Waals surface area contributed by atoms with Crippen molar-refractivity contribution in [3.8, 4) is 22.7 Å². The summed E-state index contributed by atoms with van der Waals surface area (Å²) in [5, 5.41) is 9.26. The monoisotopic (exact) mass is 337 g/mol. The highest BCUT2D eigenvalue weighted by atomic mass is 32.1. The number of nitrogens with one attached hydrogen (secondary N) is 2. The van der Waals surface area contributed by atoms with Crippen LogP contribution in [0, 0.1) is 4.84 Å². The Morgan fingerprint density at radius 1 is 1.25 bits per heavy atom. The van der Waals surface area contributed by atoms with E-state index in [1.54, 1.807) is 6.20 Å². The first kappa shape index (κ1) is 14.3. The maximum atomic E-state index is 10.6. The number of hydrogen-bond donors (Lipinski definition) is 2. The van der Waals surface area contributed by atoms with E-state index >= 15 is 0 Å². The van der Waals surface area contributed by atoms with Crippen molar-refractivity contribution in [1.82, 2.24) is 19.6 Å². The van der Waals surface area contributed by atoms with E-state index < -0.39 is 0 Å². The van der Waals surface area contributed by atoms with Crippen LogP contribution in [-0.2, 0) is 4.79 Å². The molecule has 118 valence electrons. The zero-order chi connectivity index (χ0) is 16.5. The number of rotatable bonds is 4. The third kappa shape index (κ3) is 2.48. The highest BCUT2D eigenvalue weighted by Gasteiger charge is 2.10. The molecule has 3 aromatic heterocycles. The van der Waals surface area contributed by atoms with Gasteiger partial charge in [0.15, 0.2) is 0 Å². The smallest absolute Gasteiger partial charge is 0.284 e. The Morgan fingerprint density at radius 2 is 2.17 bits per heavy atom. The molecule has 0 radical (unpaired) electrons. The maximum absolute atomic E-state index is 10.6. The summed E-state index contributed by atoms with van der Waals surface area (Å²) in [6, 6.07) is 11.3. The first-order chi connectivity index (χ1) is 11.7. The molecule has 4 rings (SSSR count). The number of aromatic amines is 1. The van der Waals surface area contributed by atoms with Gasteiger partial charge in [-0.2, -0.15) is 0 Å². The number of aromatic nitrogens is 4. The van der Waals surface area contributed by atoms with Gasteiger partial charge in [-0.15, -0.1) is 5.10 Å². The highest BCUT2D eigenvalue weighted by molar-refractivity contribution is 7.71. The summed E-state index contributed by atoms with van der Waals surface area (Å²) >= 11 is 4.89. The van der Waals surface area contributed by atoms with Crippen molar-refractivity contribution in [2.45, 2.75) is 0 Å². The Morgan fingerprint density at radius 3 is 2.96 bits per heavy atom. The third-order valence-corrected chi connectivity index (χ3v) is 3.76. The van der Waals surface area contributed by atoms with Crippen LogP contribution in [0.4, 0.5) is 5.69 Å². The van der Waals surface area contributed by atoms with Crippen LogP contribution in [-0.4, -0.2) is 26.0 Å². The molecule has 24 heavy (non-hydrogen) atoms. The van der Waals surface area contributed by atoms with Gasteiger partial charge in [-0.05, 0) is 36.5 Å². The van der Waals surface area contributed by atoms with E-state index in [1.807, 2.05) is 47.0 Å². The number of pyridine rings is 1. The summed E-state index contributed by atoms with van der Waals surface area (Å²) in [5.74, 6) is 0.421. The lowest BCUT2D eigenvalue weighted by Gasteiger charge is -2.05. The molecular weight excluding hydrogens is 326 g/mol. The van der Waals surface area contributed by atoms with Gasteiger partial charge in [0.2, 0.25) is 12.3 Å². The van der Waals surface area contributed by atoms with Crippen LogP contribution in [0.2, 0.25) is 0 Å². The molecule has 0 aliphatic rings. The molecule has 4 aromatic rings. The van der Waals surface area contributed by atoms with E-state index in [0.717, 1.165) is 28.2 Å². The van der Waals surface area contributed by atoms with Crippen molar-refractivity contribution in [2.75, 3.05) is 5.32 Å². The van der Waals surface area contributed by atoms with Crippen LogP contribution in [0.15, 0.2) is 53.2 Å². The van der Waals surface area contributed by atoms with Gasteiger partial charge in [0.1, 0.15) is 5.65 Å². The first-order valence-corrected chi connectivity index (χ1v) is 7.49. The molecule has 0 fully saturated rings. The summed E-state index contributed by atoms with van der Waals surface area (Å²) in [7, 11) is 0. The van der Waals surface area contributed by atoms with Crippen LogP contribution in [0.25, 0.3) is 28.4 Å². The fourth-order valence-electron chi connectivity index (χ4n) is 2.52. The van der Waals surface area contributed by atoms with Crippen molar-refractivity contribution in [3.63, 3.8) is 0 Å². The van der Waals surface area contributed by atoms with Crippen LogP contribution < -0.4 is 5.32 Å². The normalized spacial score (nSPS) is 10.8. The molecule has 0 unspecified atom stereocenters. The standard InChI is InChI=1S/C16H11N5O2S/c22-9-18-12-3-1-2-10(6-12)13-8-17-14-7-11(4-5-21(13)14)15-19-20-16(24)23-15/h1-9H,(H,18,22)(H,20,24). The van der Waals surface area contributed by atoms with Gasteiger partial charge in [-0.3, -0.25) is 9.20 Å². The van der Waals surface area contributed by atoms with E-state index in [4.69, 9.17) is 16.6 Å². The lowest BCUT2D eigenvalue weighted by molar-refractivity contribution is -0.105. The number of carbonyl (C=O) groups excluding carboxylic acids is 1. The molecule has 1 amide bonds. The maximum Gasteiger partial charge on any atom is 0.284 e. The second-order valence-corrected chi connectivity index (χ2v) is 5.42. The van der Waals surface area contributed by atoms with Gasteiger partial charge >= 0.3 is 0 Å². The minimum Gasteiger partial charge on any atom is -0.409 e. The molecule has 3 heterocycles. The first-order valence-electron chi connectivity index (χ1n) is 7.08. The number of H-pyrrole nitrogens is 1. The molecule has 0 atom stereocenters. The van der Waals surface area contributed by atoms with Crippen LogP contribution in [0.1, 0.15) is 0 Å². The molecule has 2 N–H and O–H groups in total. The Bertz CT molecular complexity index is 1090. The third-order valence-electron chi connectivity index (χ3n) is 3.58. The van der Waals surface area contributed by atoms with E-state index in [1.165, 1.54) is 0 Å². The molecule has 0 saturated heterocycles. The predicted octanol–water partition coefficient (Wildman–Crippen LogP) is 3.28. The molecule has 7 nitrogen and oxygen atoms in total. The molecule has 1 aromatic carbocycles. The largest absolute Gasteiger partial charge is 0.409 e. The summed E-state index contributed by atoms with van der Waals surface area (Å²) in [5.41, 5.74) is 4.11. The van der Waals surface area contributed by atoms with Crippen molar-refractivity contribution >= 4 is 30.0 Å². The lowest BCUT2D eigenvalue weighted by Crippen LogP contribution is -1.94. The minimum absolute atomic E-state index is 0.230. The second kappa shape index (κ2) is 5.74. The molecule has 0 spiro atoms. The minimum atomic E-state index is 0.230. The number of benzene rings is 1. The number of nitrogens with zero attached hydrogens (tertiary/aromatic N) is 3. The number of imidazole rings is 1. The number of fused-ring (bicyclic) bond motifs is 1. The Hall–Kier alpha value is -3.26. The zero-order valence-electron chi connectivity index (χ0n) is 12.3. The summed E-state index contributed by atoms with van der Waals surface area (Å²) in [6.45, 7) is 0. The van der Waals surface area contributed by atoms with Gasteiger partial charge < -0.3 is 9.73 Å².